The SMILES string of the molecule is C#C.CCCCCC1=CC2=C(c3cc(C(=O)NCCOCCOCCOCCOCCC(=O)Nc4ccc5nc(C#N)sc5c4)ccc3C(=O)O)c3cc4c5c(c3OC2=C(CCCC)C1)CCCN5CCCC4. The van der Waals surface area contributed by atoms with Crippen LogP contribution in [0.2, 0.25) is 0 Å². The van der Waals surface area contributed by atoms with Gasteiger partial charge >= 0.3 is 5.97 Å². The van der Waals surface area contributed by atoms with Crippen LogP contribution in [0.4, 0.5) is 11.4 Å². The number of thiazole rings is 1. The van der Waals surface area contributed by atoms with E-state index in [4.69, 9.17) is 28.9 Å². The molecule has 8 rings (SSSR count). The second-order valence-electron chi connectivity index (χ2n) is 18.5. The Morgan fingerprint density at radius 3 is 2.33 bits per heavy atom. The van der Waals surface area contributed by atoms with Crippen molar-refractivity contribution in [2.75, 3.05) is 82.7 Å². The number of hydrogen-bond donors (Lipinski definition) is 3. The lowest BCUT2D eigenvalue weighted by Gasteiger charge is -2.37. The van der Waals surface area contributed by atoms with Crippen molar-refractivity contribution in [3.8, 4) is 24.7 Å². The van der Waals surface area contributed by atoms with Gasteiger partial charge in [0.15, 0.2) is 5.01 Å². The molecule has 0 fully saturated rings. The highest BCUT2D eigenvalue weighted by molar-refractivity contribution is 7.19. The Bertz CT molecular complexity index is 2770. The normalized spacial score (nSPS) is 14.7. The average molecular weight is 1010 g/mol. The molecule has 0 unspecified atom stereocenters. The van der Waals surface area contributed by atoms with Gasteiger partial charge in [-0.25, -0.2) is 9.78 Å². The van der Waals surface area contributed by atoms with Gasteiger partial charge in [0.2, 0.25) is 5.91 Å². The van der Waals surface area contributed by atoms with Crippen molar-refractivity contribution >= 4 is 56.3 Å². The van der Waals surface area contributed by atoms with Gasteiger partial charge in [-0.2, -0.15) is 5.26 Å². The molecule has 4 aromatic rings. The minimum Gasteiger partial charge on any atom is -0.478 e. The van der Waals surface area contributed by atoms with Gasteiger partial charge in [-0.05, 0) is 123 Å². The Kier molecular flexibility index (Phi) is 20.6. The first-order valence-corrected chi connectivity index (χ1v) is 26.8. The van der Waals surface area contributed by atoms with Crippen molar-refractivity contribution in [3.63, 3.8) is 0 Å². The van der Waals surface area contributed by atoms with Gasteiger partial charge in [0.25, 0.3) is 5.91 Å². The number of carboxylic acids is 1. The lowest BCUT2D eigenvalue weighted by atomic mass is 9.78. The number of fused-ring (bicyclic) bond motifs is 4. The summed E-state index contributed by atoms with van der Waals surface area (Å²) in [5.74, 6) is 0.195. The first-order chi connectivity index (χ1) is 35.8. The van der Waals surface area contributed by atoms with Crippen LogP contribution in [0.5, 0.6) is 5.75 Å². The molecule has 0 spiro atoms. The number of benzene rings is 3. The molecule has 4 aliphatic rings. The molecule has 0 bridgehead atoms. The molecule has 3 aromatic carbocycles. The predicted octanol–water partition coefficient (Wildman–Crippen LogP) is 10.6. The maximum absolute atomic E-state index is 13.8. The number of nitrogens with zero attached hydrogens (tertiary/aromatic N) is 3. The van der Waals surface area contributed by atoms with Crippen LogP contribution >= 0.6 is 11.3 Å². The number of aromatic nitrogens is 1. The van der Waals surface area contributed by atoms with Gasteiger partial charge < -0.3 is 44.3 Å². The number of allylic oxidation sites excluding steroid dienone is 3. The number of aromatic carboxylic acids is 1. The molecule has 15 heteroatoms. The maximum Gasteiger partial charge on any atom is 0.336 e. The van der Waals surface area contributed by atoms with Gasteiger partial charge in [-0.3, -0.25) is 9.59 Å². The number of carboxylic acid groups (broad SMARTS) is 1. The summed E-state index contributed by atoms with van der Waals surface area (Å²) in [5, 5.41) is 26.1. The monoisotopic (exact) mass is 1010 g/mol. The molecule has 386 valence electrons. The molecule has 0 saturated heterocycles. The summed E-state index contributed by atoms with van der Waals surface area (Å²) >= 11 is 1.28. The molecule has 73 heavy (non-hydrogen) atoms. The number of hydrogen-bond acceptors (Lipinski definition) is 12. The molecule has 1 aliphatic carbocycles. The van der Waals surface area contributed by atoms with Gasteiger partial charge in [0, 0.05) is 58.8 Å². The zero-order chi connectivity index (χ0) is 51.5. The molecular weight excluding hydrogens is 943 g/mol. The van der Waals surface area contributed by atoms with Crippen molar-refractivity contribution in [1.29, 1.82) is 5.26 Å². The number of rotatable bonds is 26. The largest absolute Gasteiger partial charge is 0.478 e. The van der Waals surface area contributed by atoms with Crippen LogP contribution in [-0.4, -0.2) is 100 Å². The quantitative estimate of drug-likeness (QED) is 0.0401. The Morgan fingerprint density at radius 2 is 1.59 bits per heavy atom. The fourth-order valence-corrected chi connectivity index (χ4v) is 10.8. The number of carbonyl (C=O) groups excluding carboxylic acids is 2. The van der Waals surface area contributed by atoms with Gasteiger partial charge in [-0.15, -0.1) is 24.2 Å². The van der Waals surface area contributed by atoms with Gasteiger partial charge in [0.1, 0.15) is 17.6 Å². The van der Waals surface area contributed by atoms with Crippen LogP contribution in [0, 0.1) is 24.2 Å². The van der Waals surface area contributed by atoms with E-state index in [1.54, 1.807) is 36.4 Å². The summed E-state index contributed by atoms with van der Waals surface area (Å²) in [7, 11) is 0. The van der Waals surface area contributed by atoms with Gasteiger partial charge in [-0.1, -0.05) is 44.8 Å². The smallest absolute Gasteiger partial charge is 0.336 e. The Hall–Kier alpha value is -6.33. The molecule has 0 saturated carbocycles. The van der Waals surface area contributed by atoms with E-state index in [1.165, 1.54) is 39.3 Å². The summed E-state index contributed by atoms with van der Waals surface area (Å²) in [6.45, 7) is 9.44. The molecule has 3 N–H and O–H groups in total. The minimum absolute atomic E-state index is 0.155. The van der Waals surface area contributed by atoms with E-state index in [0.29, 0.717) is 61.5 Å². The summed E-state index contributed by atoms with van der Waals surface area (Å²) in [6, 6.07) is 14.6. The number of nitriles is 1. The predicted molar refractivity (Wildman–Crippen MR) is 286 cm³/mol. The van der Waals surface area contributed by atoms with Crippen molar-refractivity contribution in [3.05, 3.63) is 109 Å². The number of nitrogens with one attached hydrogen (secondary N) is 2. The van der Waals surface area contributed by atoms with Crippen molar-refractivity contribution in [2.24, 2.45) is 0 Å². The van der Waals surface area contributed by atoms with E-state index in [9.17, 15) is 19.5 Å². The number of anilines is 2. The Balaban J connectivity index is 0.00000385. The summed E-state index contributed by atoms with van der Waals surface area (Å²) < 4.78 is 30.6. The molecular formula is C58H69N5O9S. The second kappa shape index (κ2) is 27.6. The van der Waals surface area contributed by atoms with Crippen LogP contribution in [0.1, 0.15) is 139 Å². The van der Waals surface area contributed by atoms with Gasteiger partial charge in [0.05, 0.1) is 75.1 Å². The lowest BCUT2D eigenvalue weighted by Crippen LogP contribution is -2.31. The lowest BCUT2D eigenvalue weighted by molar-refractivity contribution is -0.117. The summed E-state index contributed by atoms with van der Waals surface area (Å²) in [5.41, 5.74) is 11.6. The number of ether oxygens (including phenoxy) is 5. The zero-order valence-corrected chi connectivity index (χ0v) is 43.2. The fraction of sp³-hybridized carbons (Fsp3) is 0.466. The molecule has 2 amide bonds. The first-order valence-electron chi connectivity index (χ1n) is 25.9. The third kappa shape index (κ3) is 14.0. The number of aryl methyl sites for hydroxylation is 1. The van der Waals surface area contributed by atoms with Crippen LogP contribution in [-0.2, 0) is 36.6 Å². The van der Waals surface area contributed by atoms with Crippen LogP contribution in [0.25, 0.3) is 15.8 Å². The Labute approximate surface area is 433 Å². The summed E-state index contributed by atoms with van der Waals surface area (Å²) in [6.07, 6.45) is 23.8. The highest BCUT2D eigenvalue weighted by atomic mass is 32.1. The highest BCUT2D eigenvalue weighted by Gasteiger charge is 2.37. The third-order valence-corrected chi connectivity index (χ3v) is 14.3. The minimum atomic E-state index is -1.04. The molecule has 1 aromatic heterocycles. The molecule has 4 heterocycles. The fourth-order valence-electron chi connectivity index (χ4n) is 9.98. The number of amides is 2. The molecule has 0 atom stereocenters. The molecule has 3 aliphatic heterocycles. The van der Waals surface area contributed by atoms with E-state index in [0.717, 1.165) is 135 Å². The van der Waals surface area contributed by atoms with E-state index < -0.39 is 5.97 Å². The van der Waals surface area contributed by atoms with Crippen molar-refractivity contribution in [2.45, 2.75) is 104 Å². The van der Waals surface area contributed by atoms with E-state index >= 15 is 0 Å². The second-order valence-corrected chi connectivity index (χ2v) is 19.6. The topological polar surface area (TPSA) is 182 Å². The van der Waals surface area contributed by atoms with Crippen molar-refractivity contribution in [1.82, 2.24) is 10.3 Å². The number of unbranched alkanes of at least 4 members (excludes halogenated alkanes) is 3. The van der Waals surface area contributed by atoms with Crippen LogP contribution < -0.4 is 20.3 Å². The third-order valence-electron chi connectivity index (χ3n) is 13.4. The average Bonchev–Trinajstić information content (AvgIpc) is 3.71. The van der Waals surface area contributed by atoms with E-state index in [-0.39, 0.29) is 43.6 Å². The molecule has 0 radical (unpaired) electrons. The van der Waals surface area contributed by atoms with Crippen molar-refractivity contribution < 1.29 is 43.2 Å². The molecule has 14 nitrogen and oxygen atoms in total. The maximum atomic E-state index is 13.8. The first kappa shape index (κ1) is 54.4. The zero-order valence-electron chi connectivity index (χ0n) is 42.4. The highest BCUT2D eigenvalue weighted by Crippen LogP contribution is 2.53. The van der Waals surface area contributed by atoms with Crippen LogP contribution in [0.3, 0.4) is 0 Å². The number of terminal acetylenes is 1. The van der Waals surface area contributed by atoms with E-state index in [1.807, 2.05) is 6.07 Å². The number of carbonyl (C=O) groups is 3. The van der Waals surface area contributed by atoms with Crippen LogP contribution in [0.15, 0.2) is 71.0 Å². The van der Waals surface area contributed by atoms with E-state index in [2.05, 4.69) is 59.4 Å². The standard InChI is InChI=1S/C56H67N5O9S.C2H2/c1-3-5-7-11-37-31-39(12-6-4-2)53-45(32-37)51(46-33-38-13-8-9-21-61-22-10-14-43(52(38)61)54(46)70-53)44-34-40(15-17-42(44)56(64)65)55(63)58-20-24-67-26-28-69-30-29-68-27-25-66-23-19-49(62)59-41-16-18-47-48(35-41)71-50(36-57)60-47;1-2/h15-18,32-35H,3-14,19-31H2,1-2H3,(H,58,63)(H,59,62)(H,64,65);1-2H. The Morgan fingerprint density at radius 1 is 0.849 bits per heavy atom. The summed E-state index contributed by atoms with van der Waals surface area (Å²) in [4.78, 5) is 46.1.